The maximum atomic E-state index is 13.6. The summed E-state index contributed by atoms with van der Waals surface area (Å²) in [5.41, 5.74) is 5.52. The molecule has 0 saturated carbocycles. The molecular formula is C24H25ClN2O2. The number of rotatable bonds is 3. The highest BCUT2D eigenvalue weighted by Gasteiger charge is 2.43. The maximum absolute atomic E-state index is 13.6. The maximum Gasteiger partial charge on any atom is 0.282 e. The lowest BCUT2D eigenvalue weighted by molar-refractivity contribution is -0.120. The fourth-order valence-electron chi connectivity index (χ4n) is 4.17. The van der Waals surface area contributed by atoms with Crippen LogP contribution in [0.25, 0.3) is 5.57 Å². The molecule has 1 fully saturated rings. The summed E-state index contributed by atoms with van der Waals surface area (Å²) >= 11 is 6.10. The molecule has 2 aromatic rings. The molecule has 2 aliphatic rings. The normalized spacial score (nSPS) is 17.5. The van der Waals surface area contributed by atoms with Crippen molar-refractivity contribution in [3.05, 3.63) is 69.4 Å². The number of anilines is 1. The van der Waals surface area contributed by atoms with Gasteiger partial charge in [-0.25, -0.2) is 4.90 Å². The Labute approximate surface area is 176 Å². The Balaban J connectivity index is 1.86. The van der Waals surface area contributed by atoms with Crippen LogP contribution in [0.1, 0.15) is 41.5 Å². The van der Waals surface area contributed by atoms with Crippen LogP contribution in [0.5, 0.6) is 0 Å². The van der Waals surface area contributed by atoms with Crippen LogP contribution < -0.4 is 4.90 Å². The van der Waals surface area contributed by atoms with Crippen molar-refractivity contribution in [3.8, 4) is 0 Å². The number of aryl methyl sites for hydroxylation is 3. The first-order valence-electron chi connectivity index (χ1n) is 10.1. The van der Waals surface area contributed by atoms with Gasteiger partial charge in [-0.15, -0.1) is 0 Å². The van der Waals surface area contributed by atoms with Gasteiger partial charge in [0.05, 0.1) is 11.3 Å². The minimum absolute atomic E-state index is 0.240. The summed E-state index contributed by atoms with van der Waals surface area (Å²) in [6, 6.07) is 11.2. The van der Waals surface area contributed by atoms with E-state index in [4.69, 9.17) is 11.6 Å². The summed E-state index contributed by atoms with van der Waals surface area (Å²) in [7, 11) is 0. The SMILES string of the molecule is Cc1ccc(C2=C(N3CCCCC3)C(=O)N(c3ccc(Cl)cc3C)C2=O)cc1C. The van der Waals surface area contributed by atoms with E-state index in [0.717, 1.165) is 54.6 Å². The fraction of sp³-hybridized carbons (Fsp3) is 0.333. The first-order valence-corrected chi connectivity index (χ1v) is 10.5. The Kier molecular flexibility index (Phi) is 5.22. The van der Waals surface area contributed by atoms with Gasteiger partial charge in [-0.1, -0.05) is 29.8 Å². The average Bonchev–Trinajstić information content (AvgIpc) is 2.95. The van der Waals surface area contributed by atoms with E-state index in [-0.39, 0.29) is 11.8 Å². The van der Waals surface area contributed by atoms with Crippen molar-refractivity contribution >= 4 is 34.7 Å². The number of amides is 2. The molecule has 2 amide bonds. The summed E-state index contributed by atoms with van der Waals surface area (Å²) in [5, 5.41) is 0.587. The van der Waals surface area contributed by atoms with E-state index in [0.29, 0.717) is 22.0 Å². The first kappa shape index (κ1) is 19.7. The molecule has 0 N–H and O–H groups in total. The molecule has 5 heteroatoms. The lowest BCUT2D eigenvalue weighted by atomic mass is 9.98. The van der Waals surface area contributed by atoms with E-state index in [1.54, 1.807) is 18.2 Å². The fourth-order valence-corrected chi connectivity index (χ4v) is 4.40. The van der Waals surface area contributed by atoms with Crippen molar-refractivity contribution in [2.75, 3.05) is 18.0 Å². The van der Waals surface area contributed by atoms with Crippen molar-refractivity contribution in [2.24, 2.45) is 0 Å². The van der Waals surface area contributed by atoms with Gasteiger partial charge < -0.3 is 4.90 Å². The van der Waals surface area contributed by atoms with Crippen LogP contribution in [0.4, 0.5) is 5.69 Å². The third-order valence-electron chi connectivity index (χ3n) is 5.93. The Bertz CT molecular complexity index is 1040. The van der Waals surface area contributed by atoms with E-state index < -0.39 is 0 Å². The largest absolute Gasteiger partial charge is 0.366 e. The molecule has 0 aliphatic carbocycles. The second kappa shape index (κ2) is 7.68. The molecule has 0 unspecified atom stereocenters. The summed E-state index contributed by atoms with van der Waals surface area (Å²) in [6.07, 6.45) is 3.22. The van der Waals surface area contributed by atoms with Crippen LogP contribution in [0.15, 0.2) is 42.1 Å². The van der Waals surface area contributed by atoms with Crippen molar-refractivity contribution in [3.63, 3.8) is 0 Å². The molecule has 0 spiro atoms. The number of nitrogens with zero attached hydrogens (tertiary/aromatic N) is 2. The highest BCUT2D eigenvalue weighted by atomic mass is 35.5. The van der Waals surface area contributed by atoms with Gasteiger partial charge in [0.15, 0.2) is 0 Å². The number of hydrogen-bond acceptors (Lipinski definition) is 3. The minimum Gasteiger partial charge on any atom is -0.366 e. The molecule has 0 radical (unpaired) electrons. The molecule has 0 aromatic heterocycles. The summed E-state index contributed by atoms with van der Waals surface area (Å²) in [4.78, 5) is 30.6. The minimum atomic E-state index is -0.260. The number of carbonyl (C=O) groups is 2. The number of likely N-dealkylation sites (tertiary alicyclic amines) is 1. The third-order valence-corrected chi connectivity index (χ3v) is 6.16. The predicted octanol–water partition coefficient (Wildman–Crippen LogP) is 5.04. The Hall–Kier alpha value is -2.59. The van der Waals surface area contributed by atoms with Gasteiger partial charge in [0.1, 0.15) is 5.70 Å². The van der Waals surface area contributed by atoms with Gasteiger partial charge in [-0.2, -0.15) is 0 Å². The lowest BCUT2D eigenvalue weighted by Gasteiger charge is -2.29. The molecule has 4 nitrogen and oxygen atoms in total. The van der Waals surface area contributed by atoms with E-state index in [2.05, 4.69) is 4.90 Å². The zero-order valence-electron chi connectivity index (χ0n) is 17.1. The average molecular weight is 409 g/mol. The molecule has 0 atom stereocenters. The van der Waals surface area contributed by atoms with Crippen LogP contribution in [-0.2, 0) is 9.59 Å². The molecular weight excluding hydrogens is 384 g/mol. The molecule has 1 saturated heterocycles. The number of hydrogen-bond donors (Lipinski definition) is 0. The van der Waals surface area contributed by atoms with Gasteiger partial charge in [-0.3, -0.25) is 9.59 Å². The number of halogens is 1. The third kappa shape index (κ3) is 3.46. The second-order valence-electron chi connectivity index (χ2n) is 7.95. The van der Waals surface area contributed by atoms with Gasteiger partial charge in [-0.05, 0) is 80.5 Å². The Morgan fingerprint density at radius 3 is 2.17 bits per heavy atom. The topological polar surface area (TPSA) is 40.6 Å². The predicted molar refractivity (Wildman–Crippen MR) is 117 cm³/mol. The molecule has 2 heterocycles. The Morgan fingerprint density at radius 2 is 1.52 bits per heavy atom. The van der Waals surface area contributed by atoms with E-state index in [1.165, 1.54) is 4.90 Å². The van der Waals surface area contributed by atoms with Crippen molar-refractivity contribution in [1.29, 1.82) is 0 Å². The van der Waals surface area contributed by atoms with Crippen LogP contribution in [0.3, 0.4) is 0 Å². The smallest absolute Gasteiger partial charge is 0.282 e. The van der Waals surface area contributed by atoms with Crippen LogP contribution in [0.2, 0.25) is 5.02 Å². The quantitative estimate of drug-likeness (QED) is 0.668. The number of piperidine rings is 1. The van der Waals surface area contributed by atoms with E-state index >= 15 is 0 Å². The summed E-state index contributed by atoms with van der Waals surface area (Å²) < 4.78 is 0. The first-order chi connectivity index (χ1) is 13.9. The van der Waals surface area contributed by atoms with Gasteiger partial charge in [0.2, 0.25) is 0 Å². The van der Waals surface area contributed by atoms with Gasteiger partial charge in [0, 0.05) is 18.1 Å². The van der Waals surface area contributed by atoms with Gasteiger partial charge >= 0.3 is 0 Å². The van der Waals surface area contributed by atoms with E-state index in [1.807, 2.05) is 39.0 Å². The molecule has 150 valence electrons. The molecule has 0 bridgehead atoms. The number of benzene rings is 2. The summed E-state index contributed by atoms with van der Waals surface area (Å²) in [5.74, 6) is -0.500. The second-order valence-corrected chi connectivity index (χ2v) is 8.38. The van der Waals surface area contributed by atoms with Crippen molar-refractivity contribution in [1.82, 2.24) is 4.90 Å². The highest BCUT2D eigenvalue weighted by Crippen LogP contribution is 2.37. The van der Waals surface area contributed by atoms with Crippen LogP contribution in [-0.4, -0.2) is 29.8 Å². The van der Waals surface area contributed by atoms with Crippen LogP contribution >= 0.6 is 11.6 Å². The van der Waals surface area contributed by atoms with Crippen molar-refractivity contribution < 1.29 is 9.59 Å². The van der Waals surface area contributed by atoms with Gasteiger partial charge in [0.25, 0.3) is 11.8 Å². The molecule has 29 heavy (non-hydrogen) atoms. The molecule has 2 aromatic carbocycles. The lowest BCUT2D eigenvalue weighted by Crippen LogP contribution is -2.37. The number of carbonyl (C=O) groups excluding carboxylic acids is 2. The number of imide groups is 1. The van der Waals surface area contributed by atoms with E-state index in [9.17, 15) is 9.59 Å². The monoisotopic (exact) mass is 408 g/mol. The zero-order valence-corrected chi connectivity index (χ0v) is 17.8. The molecule has 2 aliphatic heterocycles. The standard InChI is InChI=1S/C24H25ClN2O2/c1-15-7-8-18(13-16(15)2)21-22(26-11-5-4-6-12-26)24(29)27(23(21)28)20-10-9-19(25)14-17(20)3/h7-10,13-14H,4-6,11-12H2,1-3H3. The van der Waals surface area contributed by atoms with Crippen LogP contribution in [0, 0.1) is 20.8 Å². The Morgan fingerprint density at radius 1 is 0.793 bits per heavy atom. The summed E-state index contributed by atoms with van der Waals surface area (Å²) in [6.45, 7) is 7.55. The highest BCUT2D eigenvalue weighted by molar-refractivity contribution is 6.45. The molecule has 4 rings (SSSR count). The van der Waals surface area contributed by atoms with Crippen molar-refractivity contribution in [2.45, 2.75) is 40.0 Å². The zero-order chi connectivity index (χ0) is 20.7.